The van der Waals surface area contributed by atoms with Crippen LogP contribution in [0.5, 0.6) is 0 Å². The first-order chi connectivity index (χ1) is 8.26. The Morgan fingerprint density at radius 2 is 1.94 bits per heavy atom. The molecule has 1 saturated heterocycles. The highest BCUT2D eigenvalue weighted by atomic mass is 19.1. The summed E-state index contributed by atoms with van der Waals surface area (Å²) >= 11 is 0. The quantitative estimate of drug-likeness (QED) is 0.840. The fourth-order valence-electron chi connectivity index (χ4n) is 1.65. The predicted molar refractivity (Wildman–Crippen MR) is 67.2 cm³/mol. The summed E-state index contributed by atoms with van der Waals surface area (Å²) in [4.78, 5) is 0. The lowest BCUT2D eigenvalue weighted by Gasteiger charge is -2.01. The van der Waals surface area contributed by atoms with Crippen LogP contribution in [-0.4, -0.2) is 25.8 Å². The Morgan fingerprint density at radius 1 is 1.24 bits per heavy atom. The second-order valence-corrected chi connectivity index (χ2v) is 4.04. The van der Waals surface area contributed by atoms with Crippen LogP contribution in [0.3, 0.4) is 0 Å². The Hall–Kier alpha value is -0.970. The molecule has 96 valence electrons. The molecule has 4 heteroatoms. The van der Waals surface area contributed by atoms with Crippen molar-refractivity contribution in [2.45, 2.75) is 25.4 Å². The van der Waals surface area contributed by atoms with E-state index in [2.05, 4.69) is 0 Å². The molecule has 1 heterocycles. The average Bonchev–Trinajstić information content (AvgIpc) is 2.86. The van der Waals surface area contributed by atoms with Gasteiger partial charge in [0.05, 0.1) is 6.10 Å². The van der Waals surface area contributed by atoms with Crippen LogP contribution in [0.1, 0.15) is 18.4 Å². The maximum Gasteiger partial charge on any atom is 0.123 e. The van der Waals surface area contributed by atoms with Crippen LogP contribution in [-0.2, 0) is 11.2 Å². The van der Waals surface area contributed by atoms with Crippen LogP contribution in [0, 0.1) is 5.82 Å². The van der Waals surface area contributed by atoms with E-state index in [1.54, 1.807) is 12.1 Å². The minimum absolute atomic E-state index is 0.194. The van der Waals surface area contributed by atoms with E-state index in [0.29, 0.717) is 19.2 Å². The van der Waals surface area contributed by atoms with E-state index in [-0.39, 0.29) is 5.82 Å². The van der Waals surface area contributed by atoms with E-state index in [1.807, 2.05) is 0 Å². The Labute approximate surface area is 102 Å². The minimum Gasteiger partial charge on any atom is -0.377 e. The Bertz CT molecular complexity index is 297. The van der Waals surface area contributed by atoms with Gasteiger partial charge in [0.2, 0.25) is 0 Å². The molecule has 17 heavy (non-hydrogen) atoms. The molecule has 0 amide bonds. The molecule has 0 aromatic heterocycles. The molecule has 1 atom stereocenters. The lowest BCUT2D eigenvalue weighted by atomic mass is 10.1. The molecule has 0 saturated carbocycles. The van der Waals surface area contributed by atoms with Gasteiger partial charge in [-0.15, -0.1) is 0 Å². The van der Waals surface area contributed by atoms with Crippen LogP contribution < -0.4 is 11.5 Å². The SMILES string of the molecule is NCC1CCCO1.NCCc1ccc(F)cc1. The Kier molecular flexibility index (Phi) is 6.77. The first-order valence-electron chi connectivity index (χ1n) is 6.02. The van der Waals surface area contributed by atoms with Gasteiger partial charge in [0.25, 0.3) is 0 Å². The third-order valence-corrected chi connectivity index (χ3v) is 2.63. The van der Waals surface area contributed by atoms with Crippen LogP contribution in [0.4, 0.5) is 4.39 Å². The highest BCUT2D eigenvalue weighted by molar-refractivity contribution is 5.16. The standard InChI is InChI=1S/C8H10FN.C5H11NO/c9-8-3-1-7(2-4-8)5-6-10;6-4-5-2-1-3-7-5/h1-4H,5-6,10H2;5H,1-4,6H2. The molecule has 1 unspecified atom stereocenters. The number of hydrogen-bond donors (Lipinski definition) is 2. The van der Waals surface area contributed by atoms with E-state index < -0.39 is 0 Å². The van der Waals surface area contributed by atoms with Crippen molar-refractivity contribution in [3.05, 3.63) is 35.6 Å². The van der Waals surface area contributed by atoms with Gasteiger partial charge in [-0.25, -0.2) is 4.39 Å². The fraction of sp³-hybridized carbons (Fsp3) is 0.538. The van der Waals surface area contributed by atoms with E-state index in [1.165, 1.54) is 18.6 Å². The van der Waals surface area contributed by atoms with Crippen molar-refractivity contribution >= 4 is 0 Å². The summed E-state index contributed by atoms with van der Waals surface area (Å²) in [6.45, 7) is 2.23. The van der Waals surface area contributed by atoms with Crippen molar-refractivity contribution in [2.24, 2.45) is 11.5 Å². The molecule has 1 aromatic rings. The monoisotopic (exact) mass is 240 g/mol. The first kappa shape index (κ1) is 14.1. The lowest BCUT2D eigenvalue weighted by Crippen LogP contribution is -2.17. The smallest absolute Gasteiger partial charge is 0.123 e. The van der Waals surface area contributed by atoms with Gasteiger partial charge < -0.3 is 16.2 Å². The average molecular weight is 240 g/mol. The molecule has 2 rings (SSSR count). The summed E-state index contributed by atoms with van der Waals surface area (Å²) in [5.41, 5.74) is 11.7. The van der Waals surface area contributed by atoms with Crippen molar-refractivity contribution < 1.29 is 9.13 Å². The van der Waals surface area contributed by atoms with E-state index >= 15 is 0 Å². The second kappa shape index (κ2) is 8.17. The zero-order chi connectivity index (χ0) is 12.5. The number of rotatable bonds is 3. The molecule has 3 nitrogen and oxygen atoms in total. The molecule has 0 aliphatic carbocycles. The maximum absolute atomic E-state index is 12.3. The van der Waals surface area contributed by atoms with Crippen LogP contribution in [0.15, 0.2) is 24.3 Å². The van der Waals surface area contributed by atoms with Crippen molar-refractivity contribution in [3.63, 3.8) is 0 Å². The summed E-state index contributed by atoms with van der Waals surface area (Å²) in [6.07, 6.45) is 3.55. The molecule has 1 aliphatic heterocycles. The molecule has 4 N–H and O–H groups in total. The third kappa shape index (κ3) is 5.77. The van der Waals surface area contributed by atoms with Gasteiger partial charge >= 0.3 is 0 Å². The number of nitrogens with two attached hydrogens (primary N) is 2. The van der Waals surface area contributed by atoms with Gasteiger partial charge in [-0.2, -0.15) is 0 Å². The van der Waals surface area contributed by atoms with Gasteiger partial charge in [0.15, 0.2) is 0 Å². The van der Waals surface area contributed by atoms with Gasteiger partial charge in [-0.05, 0) is 43.5 Å². The van der Waals surface area contributed by atoms with Gasteiger partial charge in [-0.3, -0.25) is 0 Å². The van der Waals surface area contributed by atoms with E-state index in [4.69, 9.17) is 16.2 Å². The second-order valence-electron chi connectivity index (χ2n) is 4.04. The normalized spacial score (nSPS) is 18.6. The van der Waals surface area contributed by atoms with Crippen molar-refractivity contribution in [1.29, 1.82) is 0 Å². The number of ether oxygens (including phenoxy) is 1. The minimum atomic E-state index is -0.194. The van der Waals surface area contributed by atoms with Gasteiger partial charge in [0, 0.05) is 13.2 Å². The Morgan fingerprint density at radius 3 is 2.35 bits per heavy atom. The van der Waals surface area contributed by atoms with Gasteiger partial charge in [0.1, 0.15) is 5.82 Å². The maximum atomic E-state index is 12.3. The zero-order valence-corrected chi connectivity index (χ0v) is 10.1. The fourth-order valence-corrected chi connectivity index (χ4v) is 1.65. The zero-order valence-electron chi connectivity index (χ0n) is 10.1. The first-order valence-corrected chi connectivity index (χ1v) is 6.02. The summed E-state index contributed by atoms with van der Waals surface area (Å²) in [5.74, 6) is -0.194. The summed E-state index contributed by atoms with van der Waals surface area (Å²) in [6, 6.07) is 6.40. The Balaban J connectivity index is 0.000000181. The van der Waals surface area contributed by atoms with Crippen molar-refractivity contribution in [2.75, 3.05) is 19.7 Å². The van der Waals surface area contributed by atoms with E-state index in [9.17, 15) is 4.39 Å². The number of hydrogen-bond acceptors (Lipinski definition) is 3. The molecule has 1 aromatic carbocycles. The van der Waals surface area contributed by atoms with Gasteiger partial charge in [-0.1, -0.05) is 12.1 Å². The van der Waals surface area contributed by atoms with Crippen LogP contribution in [0.2, 0.25) is 0 Å². The van der Waals surface area contributed by atoms with Crippen LogP contribution in [0.25, 0.3) is 0 Å². The molecular weight excluding hydrogens is 219 g/mol. The van der Waals surface area contributed by atoms with Crippen molar-refractivity contribution in [1.82, 2.24) is 0 Å². The molecular formula is C13H21FN2O. The summed E-state index contributed by atoms with van der Waals surface area (Å²) in [7, 11) is 0. The molecule has 0 bridgehead atoms. The molecule has 0 spiro atoms. The number of halogens is 1. The third-order valence-electron chi connectivity index (χ3n) is 2.63. The summed E-state index contributed by atoms with van der Waals surface area (Å²) < 4.78 is 17.5. The molecule has 1 fully saturated rings. The predicted octanol–water partition coefficient (Wildman–Crippen LogP) is 1.45. The lowest BCUT2D eigenvalue weighted by molar-refractivity contribution is 0.117. The molecule has 0 radical (unpaired) electrons. The molecule has 1 aliphatic rings. The highest BCUT2D eigenvalue weighted by Gasteiger charge is 2.11. The topological polar surface area (TPSA) is 61.3 Å². The van der Waals surface area contributed by atoms with Crippen molar-refractivity contribution in [3.8, 4) is 0 Å². The van der Waals surface area contributed by atoms with E-state index in [0.717, 1.165) is 25.0 Å². The largest absolute Gasteiger partial charge is 0.377 e. The highest BCUT2D eigenvalue weighted by Crippen LogP contribution is 2.09. The number of benzene rings is 1. The van der Waals surface area contributed by atoms with Crippen LogP contribution >= 0.6 is 0 Å². The summed E-state index contributed by atoms with van der Waals surface area (Å²) in [5, 5.41) is 0.